The number of aromatic nitrogens is 3. The third-order valence-corrected chi connectivity index (χ3v) is 6.88. The van der Waals surface area contributed by atoms with Crippen molar-refractivity contribution in [3.63, 3.8) is 0 Å². The predicted molar refractivity (Wildman–Crippen MR) is 127 cm³/mol. The first-order valence-electron chi connectivity index (χ1n) is 11.7. The number of nitrogens with one attached hydrogen (secondary N) is 1. The minimum absolute atomic E-state index is 0.0222. The van der Waals surface area contributed by atoms with Crippen molar-refractivity contribution >= 4 is 22.8 Å². The van der Waals surface area contributed by atoms with Gasteiger partial charge in [0.2, 0.25) is 5.95 Å². The highest BCUT2D eigenvalue weighted by Gasteiger charge is 2.25. The van der Waals surface area contributed by atoms with Gasteiger partial charge < -0.3 is 14.2 Å². The van der Waals surface area contributed by atoms with Crippen molar-refractivity contribution in [1.29, 1.82) is 0 Å². The number of aromatic amines is 1. The number of H-pyrrole nitrogens is 1. The highest BCUT2D eigenvalue weighted by Crippen LogP contribution is 2.26. The monoisotopic (exact) mass is 449 g/mol. The van der Waals surface area contributed by atoms with E-state index < -0.39 is 0 Å². The Morgan fingerprint density at radius 3 is 2.94 bits per heavy atom. The average Bonchev–Trinajstić information content (AvgIpc) is 3.16. The number of piperidine rings is 1. The summed E-state index contributed by atoms with van der Waals surface area (Å²) in [5.41, 5.74) is 3.83. The Hall–Kier alpha value is -3.13. The quantitative estimate of drug-likeness (QED) is 0.603. The Bertz CT molecular complexity index is 1230. The molecule has 0 radical (unpaired) electrons. The summed E-state index contributed by atoms with van der Waals surface area (Å²) < 4.78 is 6.79. The van der Waals surface area contributed by atoms with Gasteiger partial charge in [0.25, 0.3) is 5.56 Å². The number of nitrogens with zero attached hydrogens (tertiary/aromatic N) is 4. The zero-order valence-electron chi connectivity index (χ0n) is 19.3. The number of fused-ring (bicyclic) bond motifs is 2. The lowest BCUT2D eigenvalue weighted by atomic mass is 10.0. The Balaban J connectivity index is 1.36. The van der Waals surface area contributed by atoms with Crippen LogP contribution in [-0.4, -0.2) is 52.1 Å². The molecule has 1 atom stereocenters. The van der Waals surface area contributed by atoms with Gasteiger partial charge >= 0.3 is 5.97 Å². The summed E-state index contributed by atoms with van der Waals surface area (Å²) in [6.07, 6.45) is 5.16. The molecule has 8 nitrogen and oxygen atoms in total. The Labute approximate surface area is 193 Å². The summed E-state index contributed by atoms with van der Waals surface area (Å²) >= 11 is 0. The highest BCUT2D eigenvalue weighted by atomic mass is 16.5. The van der Waals surface area contributed by atoms with E-state index in [2.05, 4.69) is 27.8 Å². The molecule has 0 bridgehead atoms. The first-order valence-corrected chi connectivity index (χ1v) is 11.7. The molecule has 0 spiro atoms. The molecule has 4 heterocycles. The number of para-hydroxylation sites is 1. The second kappa shape index (κ2) is 9.02. The second-order valence-electron chi connectivity index (χ2n) is 9.34. The molecule has 1 aromatic carbocycles. The molecule has 2 aliphatic rings. The summed E-state index contributed by atoms with van der Waals surface area (Å²) in [7, 11) is 1.41. The normalized spacial score (nSPS) is 19.0. The van der Waals surface area contributed by atoms with Crippen LogP contribution in [0.2, 0.25) is 0 Å². The third kappa shape index (κ3) is 4.39. The van der Waals surface area contributed by atoms with Gasteiger partial charge in [0.05, 0.1) is 18.4 Å². The van der Waals surface area contributed by atoms with E-state index in [1.807, 2.05) is 29.0 Å². The van der Waals surface area contributed by atoms with Gasteiger partial charge in [0.15, 0.2) is 0 Å². The molecule has 5 rings (SSSR count). The van der Waals surface area contributed by atoms with Gasteiger partial charge in [0.1, 0.15) is 6.54 Å². The molecule has 1 N–H and O–H groups in total. The van der Waals surface area contributed by atoms with Crippen LogP contribution in [-0.2, 0) is 35.6 Å². The van der Waals surface area contributed by atoms with Gasteiger partial charge in [-0.15, -0.1) is 0 Å². The molecule has 3 aromatic rings. The van der Waals surface area contributed by atoms with Crippen molar-refractivity contribution in [3.05, 3.63) is 57.6 Å². The van der Waals surface area contributed by atoms with E-state index in [-0.39, 0.29) is 18.1 Å². The van der Waals surface area contributed by atoms with Crippen molar-refractivity contribution in [2.24, 2.45) is 5.92 Å². The van der Waals surface area contributed by atoms with Gasteiger partial charge in [-0.3, -0.25) is 19.5 Å². The molecule has 1 saturated heterocycles. The van der Waals surface area contributed by atoms with Crippen LogP contribution in [0.5, 0.6) is 0 Å². The molecule has 2 aromatic heterocycles. The van der Waals surface area contributed by atoms with Crippen LogP contribution in [0.3, 0.4) is 0 Å². The van der Waals surface area contributed by atoms with Crippen LogP contribution < -0.4 is 10.5 Å². The molecule has 0 amide bonds. The number of carbonyl (C=O) groups is 1. The van der Waals surface area contributed by atoms with Crippen molar-refractivity contribution in [2.75, 3.05) is 31.6 Å². The zero-order chi connectivity index (χ0) is 22.9. The zero-order valence-corrected chi connectivity index (χ0v) is 19.3. The van der Waals surface area contributed by atoms with Crippen molar-refractivity contribution < 1.29 is 9.53 Å². The van der Waals surface area contributed by atoms with E-state index >= 15 is 0 Å². The van der Waals surface area contributed by atoms with Gasteiger partial charge in [0, 0.05) is 56.2 Å². The summed E-state index contributed by atoms with van der Waals surface area (Å²) in [6, 6.07) is 8.09. The first-order chi connectivity index (χ1) is 16.0. The smallest absolute Gasteiger partial charge is 0.325 e. The third-order valence-electron chi connectivity index (χ3n) is 6.88. The van der Waals surface area contributed by atoms with Crippen molar-refractivity contribution in [1.82, 2.24) is 19.4 Å². The van der Waals surface area contributed by atoms with Crippen molar-refractivity contribution in [2.45, 2.75) is 45.8 Å². The lowest BCUT2D eigenvalue weighted by Crippen LogP contribution is -2.39. The number of anilines is 1. The summed E-state index contributed by atoms with van der Waals surface area (Å²) in [5, 5.41) is 1.12. The standard InChI is InChI=1S/C25H31N5O3/c1-17-6-5-10-29(12-17)25-26-21-9-11-28(15-20(21)24(32)27-25)13-18-14-30(16-23(31)33-2)22-8-4-3-7-19(18)22/h3-4,7-8,14,17H,5-6,9-13,15-16H2,1-2H3,(H,26,27,32). The molecule has 1 fully saturated rings. The summed E-state index contributed by atoms with van der Waals surface area (Å²) in [4.78, 5) is 37.2. The summed E-state index contributed by atoms with van der Waals surface area (Å²) in [6.45, 7) is 6.46. The molecule has 8 heteroatoms. The maximum atomic E-state index is 13.0. The second-order valence-corrected chi connectivity index (χ2v) is 9.34. The molecule has 2 aliphatic heterocycles. The van der Waals surface area contributed by atoms with Crippen LogP contribution in [0.25, 0.3) is 10.9 Å². The van der Waals surface area contributed by atoms with Crippen LogP contribution in [0, 0.1) is 5.92 Å². The number of hydrogen-bond donors (Lipinski definition) is 1. The highest BCUT2D eigenvalue weighted by molar-refractivity contribution is 5.85. The van der Waals surface area contributed by atoms with Crippen molar-refractivity contribution in [3.8, 4) is 0 Å². The maximum Gasteiger partial charge on any atom is 0.325 e. The summed E-state index contributed by atoms with van der Waals surface area (Å²) in [5.74, 6) is 1.08. The fourth-order valence-corrected chi connectivity index (χ4v) is 5.16. The van der Waals surface area contributed by atoms with E-state index in [1.54, 1.807) is 0 Å². The topological polar surface area (TPSA) is 83.5 Å². The van der Waals surface area contributed by atoms with Gasteiger partial charge in [-0.2, -0.15) is 0 Å². The van der Waals surface area contributed by atoms with Crippen LogP contribution in [0.4, 0.5) is 5.95 Å². The SMILES string of the molecule is COC(=O)Cn1cc(CN2CCc3nc(N4CCCC(C)C4)[nH]c(=O)c3C2)c2ccccc21. The number of esters is 1. The molecular weight excluding hydrogens is 418 g/mol. The molecular formula is C25H31N5O3. The Morgan fingerprint density at radius 1 is 1.27 bits per heavy atom. The van der Waals surface area contributed by atoms with E-state index in [4.69, 9.17) is 9.72 Å². The van der Waals surface area contributed by atoms with Gasteiger partial charge in [-0.05, 0) is 30.4 Å². The molecule has 0 saturated carbocycles. The molecule has 1 unspecified atom stereocenters. The minimum atomic E-state index is -0.272. The van der Waals surface area contributed by atoms with Crippen LogP contribution in [0.15, 0.2) is 35.3 Å². The van der Waals surface area contributed by atoms with E-state index in [1.165, 1.54) is 13.5 Å². The number of ether oxygens (including phenoxy) is 1. The Morgan fingerprint density at radius 2 is 2.12 bits per heavy atom. The van der Waals surface area contributed by atoms with Crippen LogP contribution in [0.1, 0.15) is 36.6 Å². The van der Waals surface area contributed by atoms with Gasteiger partial charge in [-0.1, -0.05) is 25.1 Å². The van der Waals surface area contributed by atoms with E-state index in [9.17, 15) is 9.59 Å². The molecule has 174 valence electrons. The fourth-order valence-electron chi connectivity index (χ4n) is 5.16. The molecule has 0 aliphatic carbocycles. The Kier molecular flexibility index (Phi) is 5.93. The predicted octanol–water partition coefficient (Wildman–Crippen LogP) is 2.69. The van der Waals surface area contributed by atoms with E-state index in [0.29, 0.717) is 19.0 Å². The number of carbonyl (C=O) groups excluding carboxylic acids is 1. The lowest BCUT2D eigenvalue weighted by Gasteiger charge is -2.33. The largest absolute Gasteiger partial charge is 0.468 e. The number of methoxy groups -OCH3 is 1. The maximum absolute atomic E-state index is 13.0. The fraction of sp³-hybridized carbons (Fsp3) is 0.480. The number of rotatable bonds is 5. The minimum Gasteiger partial charge on any atom is -0.468 e. The molecule has 33 heavy (non-hydrogen) atoms. The van der Waals surface area contributed by atoms with Crippen LogP contribution >= 0.6 is 0 Å². The lowest BCUT2D eigenvalue weighted by molar-refractivity contribution is -0.141. The van der Waals surface area contributed by atoms with Gasteiger partial charge in [-0.25, -0.2) is 4.98 Å². The number of hydrogen-bond acceptors (Lipinski definition) is 6. The average molecular weight is 450 g/mol. The number of benzene rings is 1. The van der Waals surface area contributed by atoms with E-state index in [0.717, 1.165) is 66.1 Å². The first kappa shape index (κ1) is 21.7.